The third-order valence-electron chi connectivity index (χ3n) is 5.26. The molecule has 1 heterocycles. The van der Waals surface area contributed by atoms with Gasteiger partial charge in [0, 0.05) is 22.9 Å². The molecule has 0 atom stereocenters. The lowest BCUT2D eigenvalue weighted by atomic mass is 9.93. The lowest BCUT2D eigenvalue weighted by Gasteiger charge is -2.11. The van der Waals surface area contributed by atoms with Crippen LogP contribution in [0.4, 0.5) is 18.9 Å². The minimum atomic E-state index is -4.74. The number of anilines is 1. The fraction of sp³-hybridized carbons (Fsp3) is 0.250. The topological polar surface area (TPSA) is 64.4 Å². The molecule has 8 heteroatoms. The molecule has 0 saturated carbocycles. The Morgan fingerprint density at radius 3 is 2.62 bits per heavy atom. The summed E-state index contributed by atoms with van der Waals surface area (Å²) in [5, 5.41) is 7.03. The summed E-state index contributed by atoms with van der Waals surface area (Å²) in [6.07, 6.45) is 2.15. The van der Waals surface area contributed by atoms with E-state index in [9.17, 15) is 18.0 Å². The summed E-state index contributed by atoms with van der Waals surface area (Å²) in [5.74, 6) is 0.0634. The van der Waals surface area contributed by atoms with E-state index in [1.54, 1.807) is 0 Å². The first-order chi connectivity index (χ1) is 15.3. The first-order valence-corrected chi connectivity index (χ1v) is 10.2. The van der Waals surface area contributed by atoms with Gasteiger partial charge in [-0.05, 0) is 68.0 Å². The van der Waals surface area contributed by atoms with E-state index in [1.807, 2.05) is 25.1 Å². The lowest BCUT2D eigenvalue weighted by molar-refractivity contribution is -0.274. The van der Waals surface area contributed by atoms with E-state index in [4.69, 9.17) is 4.52 Å². The summed E-state index contributed by atoms with van der Waals surface area (Å²) in [7, 11) is 0. The van der Waals surface area contributed by atoms with Crippen LogP contribution in [0.3, 0.4) is 0 Å². The minimum Gasteiger partial charge on any atom is -0.406 e. The van der Waals surface area contributed by atoms with Crippen LogP contribution in [0.2, 0.25) is 0 Å². The van der Waals surface area contributed by atoms with Gasteiger partial charge in [0.25, 0.3) is 0 Å². The number of aromatic nitrogens is 1. The van der Waals surface area contributed by atoms with E-state index in [1.165, 1.54) is 36.4 Å². The van der Waals surface area contributed by atoms with Crippen molar-refractivity contribution in [2.24, 2.45) is 0 Å². The van der Waals surface area contributed by atoms with Crippen LogP contribution in [0.5, 0.6) is 5.75 Å². The second-order valence-electron chi connectivity index (χ2n) is 7.61. The minimum absolute atomic E-state index is 0.318. The van der Waals surface area contributed by atoms with Gasteiger partial charge in [-0.3, -0.25) is 4.79 Å². The number of carbonyl (C=O) groups is 1. The fourth-order valence-electron chi connectivity index (χ4n) is 3.64. The van der Waals surface area contributed by atoms with Gasteiger partial charge >= 0.3 is 6.36 Å². The predicted molar refractivity (Wildman–Crippen MR) is 114 cm³/mol. The summed E-state index contributed by atoms with van der Waals surface area (Å²) in [6, 6.07) is 11.0. The Balaban J connectivity index is 1.45. The van der Waals surface area contributed by atoms with Crippen LogP contribution >= 0.6 is 0 Å². The highest BCUT2D eigenvalue weighted by molar-refractivity contribution is 6.02. The summed E-state index contributed by atoms with van der Waals surface area (Å²) >= 11 is 0. The number of hydrogen-bond acceptors (Lipinski definition) is 4. The van der Waals surface area contributed by atoms with Gasteiger partial charge < -0.3 is 14.6 Å². The van der Waals surface area contributed by atoms with Gasteiger partial charge in [0.1, 0.15) is 5.75 Å². The maximum absolute atomic E-state index is 12.4. The number of nitrogens with zero attached hydrogens (tertiary/aromatic N) is 1. The molecule has 0 unspecified atom stereocenters. The number of aryl methyl sites for hydroxylation is 2. The number of fused-ring (bicyclic) bond motifs is 1. The molecular formula is C24H21F3N2O3. The van der Waals surface area contributed by atoms with Gasteiger partial charge in [0.2, 0.25) is 5.91 Å². The number of rotatable bonds is 5. The molecule has 3 aromatic rings. The van der Waals surface area contributed by atoms with E-state index in [0.29, 0.717) is 11.3 Å². The lowest BCUT2D eigenvalue weighted by Crippen LogP contribution is -2.16. The molecule has 4 rings (SSSR count). The molecule has 0 saturated heterocycles. The van der Waals surface area contributed by atoms with Crippen LogP contribution in [0.1, 0.15) is 35.2 Å². The van der Waals surface area contributed by atoms with Gasteiger partial charge in [-0.25, -0.2) is 0 Å². The van der Waals surface area contributed by atoms with Crippen molar-refractivity contribution in [1.82, 2.24) is 5.16 Å². The maximum Gasteiger partial charge on any atom is 0.573 e. The highest BCUT2D eigenvalue weighted by Crippen LogP contribution is 2.33. The Bertz CT molecular complexity index is 1150. The SMILES string of the molecule is Cc1ccc(-c2onc3c2CCCC3)cc1NC(=O)C=Cc1ccc(OC(F)(F)F)cc1. The Morgan fingerprint density at radius 2 is 1.88 bits per heavy atom. The molecule has 0 spiro atoms. The van der Waals surface area contributed by atoms with Crippen molar-refractivity contribution in [1.29, 1.82) is 0 Å². The van der Waals surface area contributed by atoms with Crippen molar-refractivity contribution in [2.45, 2.75) is 39.0 Å². The Morgan fingerprint density at radius 1 is 1.12 bits per heavy atom. The van der Waals surface area contributed by atoms with Crippen molar-refractivity contribution in [3.8, 4) is 17.1 Å². The smallest absolute Gasteiger partial charge is 0.406 e. The standard InChI is InChI=1S/C24H21F3N2O3/c1-15-6-10-17(23-19-4-2-3-5-20(19)29-32-23)14-21(15)28-22(30)13-9-16-7-11-18(12-8-16)31-24(25,26)27/h6-14H,2-5H2,1H3,(H,28,30). The van der Waals surface area contributed by atoms with Crippen LogP contribution in [-0.4, -0.2) is 17.4 Å². The van der Waals surface area contributed by atoms with Gasteiger partial charge in [-0.15, -0.1) is 13.2 Å². The zero-order valence-electron chi connectivity index (χ0n) is 17.3. The molecule has 0 radical (unpaired) electrons. The number of hydrogen-bond donors (Lipinski definition) is 1. The number of nitrogens with one attached hydrogen (secondary N) is 1. The number of halogens is 3. The van der Waals surface area contributed by atoms with Crippen molar-refractivity contribution in [3.63, 3.8) is 0 Å². The second-order valence-corrected chi connectivity index (χ2v) is 7.61. The predicted octanol–water partition coefficient (Wildman–Crippen LogP) is 6.08. The number of carbonyl (C=O) groups excluding carboxylic acids is 1. The number of benzene rings is 2. The molecule has 1 aliphatic carbocycles. The van der Waals surface area contributed by atoms with Crippen LogP contribution < -0.4 is 10.1 Å². The van der Waals surface area contributed by atoms with E-state index >= 15 is 0 Å². The first kappa shape index (κ1) is 21.7. The van der Waals surface area contributed by atoms with Gasteiger partial charge in [0.05, 0.1) is 5.69 Å². The van der Waals surface area contributed by atoms with Crippen molar-refractivity contribution < 1.29 is 27.2 Å². The monoisotopic (exact) mass is 442 g/mol. The Kier molecular flexibility index (Phi) is 6.03. The molecule has 32 heavy (non-hydrogen) atoms. The van der Waals surface area contributed by atoms with E-state index in [2.05, 4.69) is 15.2 Å². The molecule has 1 aromatic heterocycles. The zero-order chi connectivity index (χ0) is 22.7. The second kappa shape index (κ2) is 8.90. The van der Waals surface area contributed by atoms with Crippen LogP contribution in [0.15, 0.2) is 53.1 Å². The van der Waals surface area contributed by atoms with Crippen molar-refractivity contribution in [3.05, 3.63) is 70.9 Å². The number of alkyl halides is 3. The average Bonchev–Trinajstić information content (AvgIpc) is 3.18. The Hall–Kier alpha value is -3.55. The van der Waals surface area contributed by atoms with Crippen LogP contribution in [0, 0.1) is 6.92 Å². The highest BCUT2D eigenvalue weighted by atomic mass is 19.4. The zero-order valence-corrected chi connectivity index (χ0v) is 17.3. The quantitative estimate of drug-likeness (QED) is 0.487. The van der Waals surface area contributed by atoms with Crippen LogP contribution in [0.25, 0.3) is 17.4 Å². The molecule has 0 aliphatic heterocycles. The maximum atomic E-state index is 12.4. The summed E-state index contributed by atoms with van der Waals surface area (Å²) in [4.78, 5) is 12.4. The number of ether oxygens (including phenoxy) is 1. The molecule has 2 aromatic carbocycles. The van der Waals surface area contributed by atoms with Crippen molar-refractivity contribution >= 4 is 17.7 Å². The van der Waals surface area contributed by atoms with Gasteiger partial charge in [-0.1, -0.05) is 29.4 Å². The van der Waals surface area contributed by atoms with E-state index in [0.717, 1.165) is 53.8 Å². The van der Waals surface area contributed by atoms with E-state index < -0.39 is 6.36 Å². The summed E-state index contributed by atoms with van der Waals surface area (Å²) < 4.78 is 46.1. The summed E-state index contributed by atoms with van der Waals surface area (Å²) in [6.45, 7) is 1.89. The molecule has 1 aliphatic rings. The molecule has 1 amide bonds. The largest absolute Gasteiger partial charge is 0.573 e. The number of amides is 1. The third-order valence-corrected chi connectivity index (χ3v) is 5.26. The molecule has 5 nitrogen and oxygen atoms in total. The normalized spacial score (nSPS) is 13.8. The van der Waals surface area contributed by atoms with Crippen LogP contribution in [-0.2, 0) is 17.6 Å². The fourth-order valence-corrected chi connectivity index (χ4v) is 3.64. The first-order valence-electron chi connectivity index (χ1n) is 10.2. The van der Waals surface area contributed by atoms with Crippen molar-refractivity contribution in [2.75, 3.05) is 5.32 Å². The summed E-state index contributed by atoms with van der Waals surface area (Å²) in [5.41, 5.74) is 5.09. The Labute approximate surface area is 182 Å². The average molecular weight is 442 g/mol. The third kappa shape index (κ3) is 5.19. The van der Waals surface area contributed by atoms with Gasteiger partial charge in [0.15, 0.2) is 5.76 Å². The molecule has 0 bridgehead atoms. The molecular weight excluding hydrogens is 421 g/mol. The van der Waals surface area contributed by atoms with E-state index in [-0.39, 0.29) is 11.7 Å². The van der Waals surface area contributed by atoms with Gasteiger partial charge in [-0.2, -0.15) is 0 Å². The highest BCUT2D eigenvalue weighted by Gasteiger charge is 2.30. The molecule has 1 N–H and O–H groups in total. The molecule has 166 valence electrons. The molecule has 0 fully saturated rings.